The van der Waals surface area contributed by atoms with Crippen molar-refractivity contribution in [3.63, 3.8) is 0 Å². The molecule has 1 atom stereocenters. The molecule has 3 nitrogen and oxygen atoms in total. The van der Waals surface area contributed by atoms with Gasteiger partial charge in [-0.15, -0.1) is 5.10 Å². The van der Waals surface area contributed by atoms with Gasteiger partial charge in [0.25, 0.3) is 0 Å². The Morgan fingerprint density at radius 2 is 2.22 bits per heavy atom. The molecule has 0 saturated carbocycles. The molecule has 2 aromatic rings. The number of nitrogens with two attached hydrogens (primary N) is 1. The molecule has 0 aliphatic carbocycles. The van der Waals surface area contributed by atoms with Gasteiger partial charge < -0.3 is 5.73 Å². The fraction of sp³-hybridized carbons (Fsp3) is 0.385. The topological polar surface area (TPSA) is 51.8 Å². The van der Waals surface area contributed by atoms with E-state index in [1.807, 2.05) is 13.8 Å². The van der Waals surface area contributed by atoms with E-state index in [0.29, 0.717) is 6.42 Å². The molecule has 0 aliphatic rings. The highest BCUT2D eigenvalue weighted by molar-refractivity contribution is 7.05. The summed E-state index contributed by atoms with van der Waals surface area (Å²) in [5.41, 5.74) is 9.16. The zero-order valence-electron chi connectivity index (χ0n) is 10.5. The molecule has 0 amide bonds. The summed E-state index contributed by atoms with van der Waals surface area (Å²) in [6.07, 6.45) is 1.52. The smallest absolute Gasteiger partial charge is 0.123 e. The predicted octanol–water partition coefficient (Wildman–Crippen LogP) is 2.79. The number of hydrogen-bond donors (Lipinski definition) is 1. The number of aryl methyl sites for hydroxylation is 2. The third-order valence-corrected chi connectivity index (χ3v) is 3.90. The molecule has 0 radical (unpaired) electrons. The maximum Gasteiger partial charge on any atom is 0.123 e. The van der Waals surface area contributed by atoms with E-state index in [2.05, 4.69) is 9.59 Å². The van der Waals surface area contributed by atoms with E-state index in [4.69, 9.17) is 5.73 Å². The molecule has 0 aliphatic heterocycles. The van der Waals surface area contributed by atoms with Gasteiger partial charge in [0, 0.05) is 6.04 Å². The minimum absolute atomic E-state index is 0.121. The third kappa shape index (κ3) is 2.73. The van der Waals surface area contributed by atoms with Gasteiger partial charge in [-0.05, 0) is 54.6 Å². The monoisotopic (exact) mass is 265 g/mol. The van der Waals surface area contributed by atoms with Crippen LogP contribution in [-0.2, 0) is 12.8 Å². The number of halogens is 1. The largest absolute Gasteiger partial charge is 0.323 e. The number of aromatic nitrogens is 2. The van der Waals surface area contributed by atoms with E-state index >= 15 is 0 Å². The first-order valence-electron chi connectivity index (χ1n) is 5.93. The molecular formula is C13H16FN3S. The molecule has 96 valence electrons. The van der Waals surface area contributed by atoms with E-state index in [0.717, 1.165) is 28.1 Å². The molecule has 2 N–H and O–H groups in total. The normalized spacial score (nSPS) is 12.7. The van der Waals surface area contributed by atoms with Crippen LogP contribution < -0.4 is 5.73 Å². The van der Waals surface area contributed by atoms with Crippen LogP contribution in [0, 0.1) is 12.7 Å². The highest BCUT2D eigenvalue weighted by Gasteiger charge is 2.16. The van der Waals surface area contributed by atoms with E-state index in [-0.39, 0.29) is 11.9 Å². The highest BCUT2D eigenvalue weighted by atomic mass is 32.1. The van der Waals surface area contributed by atoms with Gasteiger partial charge in [-0.25, -0.2) is 4.39 Å². The van der Waals surface area contributed by atoms with Crippen LogP contribution in [0.3, 0.4) is 0 Å². The van der Waals surface area contributed by atoms with Gasteiger partial charge in [-0.3, -0.25) is 0 Å². The lowest BCUT2D eigenvalue weighted by Gasteiger charge is -2.12. The van der Waals surface area contributed by atoms with Crippen molar-refractivity contribution in [3.8, 4) is 0 Å². The molecule has 0 bridgehead atoms. The summed E-state index contributed by atoms with van der Waals surface area (Å²) in [5.74, 6) is -0.210. The minimum Gasteiger partial charge on any atom is -0.323 e. The fourth-order valence-corrected chi connectivity index (χ4v) is 2.70. The summed E-state index contributed by atoms with van der Waals surface area (Å²) in [7, 11) is 0. The number of rotatable bonds is 4. The lowest BCUT2D eigenvalue weighted by Crippen LogP contribution is -2.14. The molecule has 1 heterocycles. The van der Waals surface area contributed by atoms with Crippen LogP contribution in [0.15, 0.2) is 18.2 Å². The molecule has 1 unspecified atom stereocenters. The second kappa shape index (κ2) is 5.54. The Hall–Kier alpha value is -1.33. The predicted molar refractivity (Wildman–Crippen MR) is 71.1 cm³/mol. The molecule has 0 saturated heterocycles. The van der Waals surface area contributed by atoms with Gasteiger partial charge in [-0.1, -0.05) is 17.5 Å². The van der Waals surface area contributed by atoms with Gasteiger partial charge in [0.15, 0.2) is 0 Å². The van der Waals surface area contributed by atoms with E-state index in [1.54, 1.807) is 6.07 Å². The maximum absolute atomic E-state index is 13.0. The summed E-state index contributed by atoms with van der Waals surface area (Å²) >= 11 is 1.35. The van der Waals surface area contributed by atoms with Crippen LogP contribution in [0.5, 0.6) is 0 Å². The fourth-order valence-electron chi connectivity index (χ4n) is 1.96. The zero-order chi connectivity index (χ0) is 13.1. The van der Waals surface area contributed by atoms with Gasteiger partial charge in [-0.2, -0.15) is 0 Å². The van der Waals surface area contributed by atoms with Crippen molar-refractivity contribution in [2.24, 2.45) is 5.73 Å². The maximum atomic E-state index is 13.0. The first-order valence-corrected chi connectivity index (χ1v) is 6.71. The lowest BCUT2D eigenvalue weighted by atomic mass is 9.99. The molecule has 0 fully saturated rings. The van der Waals surface area contributed by atoms with Gasteiger partial charge in [0.05, 0.1) is 10.6 Å². The van der Waals surface area contributed by atoms with Crippen LogP contribution in [0.25, 0.3) is 0 Å². The molecule has 2 rings (SSSR count). The zero-order valence-corrected chi connectivity index (χ0v) is 11.3. The quantitative estimate of drug-likeness (QED) is 0.924. The van der Waals surface area contributed by atoms with Crippen molar-refractivity contribution < 1.29 is 4.39 Å². The average molecular weight is 265 g/mol. The van der Waals surface area contributed by atoms with Crippen molar-refractivity contribution in [2.45, 2.75) is 32.7 Å². The van der Waals surface area contributed by atoms with Crippen LogP contribution in [0.2, 0.25) is 0 Å². The molecule has 18 heavy (non-hydrogen) atoms. The van der Waals surface area contributed by atoms with Crippen molar-refractivity contribution in [1.29, 1.82) is 0 Å². The van der Waals surface area contributed by atoms with Crippen LogP contribution >= 0.6 is 11.5 Å². The van der Waals surface area contributed by atoms with Crippen molar-refractivity contribution in [3.05, 3.63) is 45.7 Å². The van der Waals surface area contributed by atoms with Crippen molar-refractivity contribution in [1.82, 2.24) is 9.59 Å². The Morgan fingerprint density at radius 3 is 2.89 bits per heavy atom. The Morgan fingerprint density at radius 1 is 1.44 bits per heavy atom. The highest BCUT2D eigenvalue weighted by Crippen LogP contribution is 2.24. The lowest BCUT2D eigenvalue weighted by molar-refractivity contribution is 0.624. The first kappa shape index (κ1) is 13.1. The summed E-state index contributed by atoms with van der Waals surface area (Å²) in [5, 5.41) is 4.06. The number of hydrogen-bond acceptors (Lipinski definition) is 4. The summed E-state index contributed by atoms with van der Waals surface area (Å²) < 4.78 is 17.0. The van der Waals surface area contributed by atoms with Crippen molar-refractivity contribution >= 4 is 11.5 Å². The van der Waals surface area contributed by atoms with Crippen LogP contribution in [0.1, 0.15) is 34.7 Å². The Labute approximate surface area is 110 Å². The van der Waals surface area contributed by atoms with E-state index < -0.39 is 0 Å². The van der Waals surface area contributed by atoms with Gasteiger partial charge >= 0.3 is 0 Å². The van der Waals surface area contributed by atoms with Crippen molar-refractivity contribution in [2.75, 3.05) is 0 Å². The van der Waals surface area contributed by atoms with Gasteiger partial charge in [0.1, 0.15) is 5.82 Å². The second-order valence-corrected chi connectivity index (χ2v) is 5.10. The first-order chi connectivity index (χ1) is 8.61. The minimum atomic E-state index is -0.210. The number of benzene rings is 1. The molecule has 1 aromatic carbocycles. The van der Waals surface area contributed by atoms with Gasteiger partial charge in [0.2, 0.25) is 0 Å². The average Bonchev–Trinajstić information content (AvgIpc) is 2.81. The third-order valence-electron chi connectivity index (χ3n) is 3.00. The van der Waals surface area contributed by atoms with E-state index in [9.17, 15) is 4.39 Å². The van der Waals surface area contributed by atoms with Crippen LogP contribution in [0.4, 0.5) is 4.39 Å². The Balaban J connectivity index is 2.18. The molecule has 5 heteroatoms. The summed E-state index contributed by atoms with van der Waals surface area (Å²) in [6.45, 7) is 3.94. The Bertz CT molecular complexity index is 539. The van der Waals surface area contributed by atoms with E-state index in [1.165, 1.54) is 23.7 Å². The Kier molecular flexibility index (Phi) is 4.04. The molecule has 1 aromatic heterocycles. The molecular weight excluding hydrogens is 249 g/mol. The molecule has 0 spiro atoms. The SMILES string of the molecule is CCc1nnsc1C(N)Cc1ccc(F)cc1C. The van der Waals surface area contributed by atoms with Crippen LogP contribution in [-0.4, -0.2) is 9.59 Å². The standard InChI is InChI=1S/C13H16FN3S/c1-3-12-13(18-17-16-12)11(15)7-9-4-5-10(14)6-8(9)2/h4-6,11H,3,7,15H2,1-2H3. The second-order valence-electron chi connectivity index (χ2n) is 4.32. The summed E-state index contributed by atoms with van der Waals surface area (Å²) in [4.78, 5) is 1.03. The summed E-state index contributed by atoms with van der Waals surface area (Å²) in [6, 6.07) is 4.68. The number of nitrogens with zero attached hydrogens (tertiary/aromatic N) is 2.